The van der Waals surface area contributed by atoms with Gasteiger partial charge in [-0.2, -0.15) is 0 Å². The van der Waals surface area contributed by atoms with Crippen molar-refractivity contribution in [2.45, 2.75) is 6.17 Å². The molecule has 4 nitrogen and oxygen atoms in total. The molecule has 1 atom stereocenters. The van der Waals surface area contributed by atoms with Gasteiger partial charge in [0.1, 0.15) is 23.2 Å². The largest absolute Gasteiger partial charge is 0.455 e. The van der Waals surface area contributed by atoms with E-state index in [4.69, 9.17) is 14.4 Å². The molecule has 1 aromatic heterocycles. The summed E-state index contributed by atoms with van der Waals surface area (Å²) in [5.41, 5.74) is 9.22. The average Bonchev–Trinajstić information content (AvgIpc) is 3.60. The third-order valence-electron chi connectivity index (χ3n) is 9.94. The topological polar surface area (TPSA) is 49.9 Å². The molecule has 0 bridgehead atoms. The Bertz CT molecular complexity index is 2820. The minimum Gasteiger partial charge on any atom is -0.455 e. The van der Waals surface area contributed by atoms with Gasteiger partial charge in [-0.05, 0) is 55.9 Å². The van der Waals surface area contributed by atoms with E-state index in [-0.39, 0.29) is 6.17 Å². The molecule has 0 aliphatic carbocycles. The lowest BCUT2D eigenvalue weighted by molar-refractivity contribution is 0.669. The summed E-state index contributed by atoms with van der Waals surface area (Å²) in [6, 6.07) is 61.6. The van der Waals surface area contributed by atoms with Gasteiger partial charge in [0.05, 0.1) is 0 Å². The van der Waals surface area contributed by atoms with Crippen LogP contribution in [0.3, 0.4) is 0 Å². The highest BCUT2D eigenvalue weighted by molar-refractivity contribution is 6.23. The first-order valence-electron chi connectivity index (χ1n) is 17.3. The molecule has 0 saturated heterocycles. The second-order valence-electron chi connectivity index (χ2n) is 13.0. The Morgan fingerprint density at radius 3 is 1.92 bits per heavy atom. The lowest BCUT2D eigenvalue weighted by atomic mass is 9.97. The number of furan rings is 1. The fourth-order valence-corrected chi connectivity index (χ4v) is 7.41. The third-order valence-corrected chi connectivity index (χ3v) is 9.94. The Hall–Kier alpha value is -6.78. The molecule has 51 heavy (non-hydrogen) atoms. The molecule has 9 aromatic rings. The predicted octanol–water partition coefficient (Wildman–Crippen LogP) is 11.7. The standard InChI is InChI=1S/C47H31N3O/c1-3-11-30(12-4-1)31-21-23-33(24-22-31)38-17-9-18-39-43-40(19-10-20-42(43)51-44(38)39)47-49-45(35-14-5-2-6-15-35)48-46(50-47)36-28-27-34-26-25-32-13-7-8-16-37(32)41(34)29-36/h1-29,46H,(H,48,49,50). The Morgan fingerprint density at radius 2 is 1.10 bits per heavy atom. The molecule has 0 amide bonds. The second kappa shape index (κ2) is 12.0. The first kappa shape index (κ1) is 29.2. The summed E-state index contributed by atoms with van der Waals surface area (Å²) in [5.74, 6) is 1.45. The summed E-state index contributed by atoms with van der Waals surface area (Å²) >= 11 is 0. The summed E-state index contributed by atoms with van der Waals surface area (Å²) < 4.78 is 6.68. The number of nitrogens with one attached hydrogen (secondary N) is 1. The number of hydrogen-bond donors (Lipinski definition) is 1. The van der Waals surface area contributed by atoms with E-state index in [1.54, 1.807) is 0 Å². The van der Waals surface area contributed by atoms with E-state index in [1.165, 1.54) is 32.7 Å². The molecule has 1 aliphatic heterocycles. The molecule has 0 saturated carbocycles. The first-order valence-corrected chi connectivity index (χ1v) is 17.3. The number of fused-ring (bicyclic) bond motifs is 6. The Labute approximate surface area is 295 Å². The molecule has 4 heteroatoms. The number of rotatable bonds is 5. The molecule has 10 rings (SSSR count). The van der Waals surface area contributed by atoms with E-state index in [0.717, 1.165) is 55.6 Å². The van der Waals surface area contributed by atoms with Crippen LogP contribution in [0.1, 0.15) is 22.9 Å². The quantitative estimate of drug-likeness (QED) is 0.188. The van der Waals surface area contributed by atoms with Gasteiger partial charge in [0, 0.05) is 27.5 Å². The lowest BCUT2D eigenvalue weighted by Gasteiger charge is -2.24. The van der Waals surface area contributed by atoms with Crippen molar-refractivity contribution >= 4 is 55.2 Å². The number of amidine groups is 2. The van der Waals surface area contributed by atoms with Crippen molar-refractivity contribution in [2.75, 3.05) is 0 Å². The number of nitrogens with zero attached hydrogens (tertiary/aromatic N) is 2. The first-order chi connectivity index (χ1) is 25.3. The maximum Gasteiger partial charge on any atom is 0.160 e. The number of hydrogen-bond acceptors (Lipinski definition) is 4. The monoisotopic (exact) mass is 653 g/mol. The SMILES string of the molecule is c1ccc(C2=NC(c3cccc4oc5c(-c6ccc(-c7ccccc7)cc6)cccc5c34)=NC(c3ccc4ccc5ccccc5c4c3)N2)cc1. The van der Waals surface area contributed by atoms with Gasteiger partial charge >= 0.3 is 0 Å². The van der Waals surface area contributed by atoms with Crippen molar-refractivity contribution in [3.8, 4) is 22.3 Å². The summed E-state index contributed by atoms with van der Waals surface area (Å²) in [4.78, 5) is 10.5. The van der Waals surface area contributed by atoms with E-state index in [2.05, 4.69) is 145 Å². The molecule has 1 aliphatic rings. The van der Waals surface area contributed by atoms with E-state index in [0.29, 0.717) is 5.84 Å². The zero-order valence-corrected chi connectivity index (χ0v) is 27.6. The van der Waals surface area contributed by atoms with Gasteiger partial charge < -0.3 is 9.73 Å². The zero-order valence-electron chi connectivity index (χ0n) is 27.6. The van der Waals surface area contributed by atoms with Gasteiger partial charge in [0.15, 0.2) is 5.84 Å². The van der Waals surface area contributed by atoms with Crippen molar-refractivity contribution in [1.29, 1.82) is 0 Å². The highest BCUT2D eigenvalue weighted by atomic mass is 16.3. The third kappa shape index (κ3) is 5.08. The van der Waals surface area contributed by atoms with Crippen molar-refractivity contribution < 1.29 is 4.42 Å². The Morgan fingerprint density at radius 1 is 0.471 bits per heavy atom. The van der Waals surface area contributed by atoms with E-state index in [1.807, 2.05) is 36.4 Å². The van der Waals surface area contributed by atoms with Gasteiger partial charge in [-0.3, -0.25) is 0 Å². The smallest absolute Gasteiger partial charge is 0.160 e. The molecule has 0 radical (unpaired) electrons. The Kier molecular flexibility index (Phi) is 6.85. The second-order valence-corrected chi connectivity index (χ2v) is 13.0. The molecule has 8 aromatic carbocycles. The van der Waals surface area contributed by atoms with Crippen molar-refractivity contribution in [3.05, 3.63) is 193 Å². The molecule has 240 valence electrons. The number of para-hydroxylation sites is 1. The fourth-order valence-electron chi connectivity index (χ4n) is 7.41. The molecule has 2 heterocycles. The van der Waals surface area contributed by atoms with E-state index < -0.39 is 0 Å². The van der Waals surface area contributed by atoms with Gasteiger partial charge in [0.2, 0.25) is 0 Å². The molecular weight excluding hydrogens is 623 g/mol. The van der Waals surface area contributed by atoms with Gasteiger partial charge in [0.25, 0.3) is 0 Å². The van der Waals surface area contributed by atoms with Gasteiger partial charge in [-0.15, -0.1) is 0 Å². The highest BCUT2D eigenvalue weighted by Crippen LogP contribution is 2.39. The average molecular weight is 654 g/mol. The van der Waals surface area contributed by atoms with Crippen LogP contribution in [-0.2, 0) is 0 Å². The molecule has 0 fully saturated rings. The van der Waals surface area contributed by atoms with Crippen LogP contribution in [0.15, 0.2) is 190 Å². The van der Waals surface area contributed by atoms with E-state index >= 15 is 0 Å². The predicted molar refractivity (Wildman–Crippen MR) is 211 cm³/mol. The Balaban J connectivity index is 1.12. The summed E-state index contributed by atoms with van der Waals surface area (Å²) in [6.07, 6.45) is -0.344. The van der Waals surface area contributed by atoms with Crippen LogP contribution in [0.2, 0.25) is 0 Å². The van der Waals surface area contributed by atoms with Gasteiger partial charge in [-0.1, -0.05) is 164 Å². The minimum absolute atomic E-state index is 0.344. The summed E-state index contributed by atoms with van der Waals surface area (Å²) in [7, 11) is 0. The minimum atomic E-state index is -0.344. The molecular formula is C47H31N3O. The number of aliphatic imine (C=N–C) groups is 2. The molecule has 1 unspecified atom stereocenters. The number of benzene rings is 8. The van der Waals surface area contributed by atoms with Crippen molar-refractivity contribution in [1.82, 2.24) is 5.32 Å². The van der Waals surface area contributed by atoms with Crippen LogP contribution >= 0.6 is 0 Å². The maximum absolute atomic E-state index is 6.68. The van der Waals surface area contributed by atoms with Crippen LogP contribution in [0.4, 0.5) is 0 Å². The van der Waals surface area contributed by atoms with Crippen LogP contribution in [0.5, 0.6) is 0 Å². The maximum atomic E-state index is 6.68. The lowest BCUT2D eigenvalue weighted by Crippen LogP contribution is -2.33. The van der Waals surface area contributed by atoms with Crippen molar-refractivity contribution in [3.63, 3.8) is 0 Å². The van der Waals surface area contributed by atoms with Crippen LogP contribution in [0, 0.1) is 0 Å². The van der Waals surface area contributed by atoms with Crippen LogP contribution in [0.25, 0.3) is 65.7 Å². The van der Waals surface area contributed by atoms with E-state index in [9.17, 15) is 0 Å². The van der Waals surface area contributed by atoms with Crippen molar-refractivity contribution in [2.24, 2.45) is 9.98 Å². The summed E-state index contributed by atoms with van der Waals surface area (Å²) in [5, 5.41) is 10.6. The normalized spacial score (nSPS) is 14.5. The van der Waals surface area contributed by atoms with Gasteiger partial charge in [-0.25, -0.2) is 9.98 Å². The zero-order chi connectivity index (χ0) is 33.7. The summed E-state index contributed by atoms with van der Waals surface area (Å²) in [6.45, 7) is 0. The fraction of sp³-hybridized carbons (Fsp3) is 0.0213. The highest BCUT2D eigenvalue weighted by Gasteiger charge is 2.24. The molecule has 1 N–H and O–H groups in total. The molecule has 0 spiro atoms. The van der Waals surface area contributed by atoms with Crippen LogP contribution < -0.4 is 5.32 Å². The van der Waals surface area contributed by atoms with Crippen LogP contribution in [-0.4, -0.2) is 11.7 Å².